The first kappa shape index (κ1) is 16.7. The Hall–Kier alpha value is -3.20. The van der Waals surface area contributed by atoms with Crippen molar-refractivity contribution in [3.63, 3.8) is 0 Å². The van der Waals surface area contributed by atoms with Crippen molar-refractivity contribution < 1.29 is 18.9 Å². The van der Waals surface area contributed by atoms with E-state index in [0.29, 0.717) is 4.88 Å². The number of hydrogen-bond acceptors (Lipinski definition) is 6. The van der Waals surface area contributed by atoms with Crippen molar-refractivity contribution in [1.82, 2.24) is 10.6 Å². The zero-order valence-corrected chi connectivity index (χ0v) is 13.7. The fourth-order valence-electron chi connectivity index (χ4n) is 2.17. The topological polar surface area (TPSA) is 114 Å². The predicted molar refractivity (Wildman–Crippen MR) is 91.9 cm³/mol. The summed E-state index contributed by atoms with van der Waals surface area (Å²) in [6.45, 7) is 0.394. The second-order valence-electron chi connectivity index (χ2n) is 5.06. The number of rotatable bonds is 6. The van der Waals surface area contributed by atoms with E-state index in [1.807, 2.05) is 30.3 Å². The number of carbonyl (C=O) groups is 2. The highest BCUT2D eigenvalue weighted by atomic mass is 32.1. The molecule has 0 unspecified atom stereocenters. The lowest BCUT2D eigenvalue weighted by Crippen LogP contribution is -2.34. The summed E-state index contributed by atoms with van der Waals surface area (Å²) in [6, 6.07) is 11.8. The molecule has 0 saturated carbocycles. The first-order valence-corrected chi connectivity index (χ1v) is 8.15. The van der Waals surface area contributed by atoms with Crippen molar-refractivity contribution in [2.75, 3.05) is 13.1 Å². The molecule has 3 aromatic rings. The number of benzene rings is 1. The van der Waals surface area contributed by atoms with Crippen LogP contribution < -0.4 is 10.6 Å². The molecule has 0 radical (unpaired) electrons. The second-order valence-corrected chi connectivity index (χ2v) is 6.14. The summed E-state index contributed by atoms with van der Waals surface area (Å²) in [5.74, 6) is -1.45. The van der Waals surface area contributed by atoms with Crippen molar-refractivity contribution in [1.29, 1.82) is 0 Å². The van der Waals surface area contributed by atoms with Crippen LogP contribution in [0.4, 0.5) is 5.88 Å². The van der Waals surface area contributed by atoms with Crippen LogP contribution in [0.3, 0.4) is 0 Å². The van der Waals surface area contributed by atoms with Crippen molar-refractivity contribution in [2.45, 2.75) is 0 Å². The molecule has 8 nitrogen and oxygen atoms in total. The Morgan fingerprint density at radius 3 is 2.48 bits per heavy atom. The third kappa shape index (κ3) is 3.83. The van der Waals surface area contributed by atoms with E-state index in [0.717, 1.165) is 16.2 Å². The summed E-state index contributed by atoms with van der Waals surface area (Å²) in [6.07, 6.45) is 0. The van der Waals surface area contributed by atoms with Gasteiger partial charge in [0.1, 0.15) is 4.92 Å². The molecule has 0 aliphatic carbocycles. The average Bonchev–Trinajstić information content (AvgIpc) is 3.24. The van der Waals surface area contributed by atoms with Gasteiger partial charge in [-0.2, -0.15) is 0 Å². The van der Waals surface area contributed by atoms with Gasteiger partial charge in [-0.1, -0.05) is 18.2 Å². The van der Waals surface area contributed by atoms with Gasteiger partial charge in [0.2, 0.25) is 0 Å². The lowest BCUT2D eigenvalue weighted by molar-refractivity contribution is -0.402. The summed E-state index contributed by atoms with van der Waals surface area (Å²) in [5.41, 5.74) is 0. The predicted octanol–water partition coefficient (Wildman–Crippen LogP) is 2.56. The van der Waals surface area contributed by atoms with Gasteiger partial charge in [-0.3, -0.25) is 19.7 Å². The molecule has 0 spiro atoms. The van der Waals surface area contributed by atoms with E-state index in [1.165, 1.54) is 17.4 Å². The van der Waals surface area contributed by atoms with Gasteiger partial charge in [0.15, 0.2) is 5.76 Å². The highest BCUT2D eigenvalue weighted by Gasteiger charge is 2.17. The zero-order chi connectivity index (χ0) is 17.8. The molecule has 2 aromatic heterocycles. The summed E-state index contributed by atoms with van der Waals surface area (Å²) in [4.78, 5) is 34.3. The average molecular weight is 359 g/mol. The maximum absolute atomic E-state index is 12.1. The number of carbonyl (C=O) groups excluding carboxylic acids is 2. The minimum Gasteiger partial charge on any atom is -0.395 e. The number of nitrogens with one attached hydrogen (secondary N) is 2. The van der Waals surface area contributed by atoms with Gasteiger partial charge >= 0.3 is 5.88 Å². The largest absolute Gasteiger partial charge is 0.433 e. The number of nitrogens with zero attached hydrogens (tertiary/aromatic N) is 1. The lowest BCUT2D eigenvalue weighted by Gasteiger charge is -2.04. The van der Waals surface area contributed by atoms with Crippen molar-refractivity contribution in [3.8, 4) is 0 Å². The molecule has 0 fully saturated rings. The molecule has 2 N–H and O–H groups in total. The first-order chi connectivity index (χ1) is 12.0. The molecule has 2 amide bonds. The Bertz CT molecular complexity index is 913. The van der Waals surface area contributed by atoms with E-state index in [4.69, 9.17) is 4.42 Å². The monoisotopic (exact) mass is 359 g/mol. The molecule has 0 bridgehead atoms. The molecule has 2 heterocycles. The van der Waals surface area contributed by atoms with Crippen LogP contribution in [0.1, 0.15) is 20.2 Å². The quantitative estimate of drug-likeness (QED) is 0.399. The van der Waals surface area contributed by atoms with Crippen LogP contribution in [0.25, 0.3) is 10.1 Å². The maximum Gasteiger partial charge on any atom is 0.433 e. The number of nitro groups is 1. The number of furan rings is 1. The molecule has 128 valence electrons. The molecule has 0 aliphatic heterocycles. The van der Waals surface area contributed by atoms with Crippen LogP contribution in [-0.2, 0) is 0 Å². The van der Waals surface area contributed by atoms with Crippen LogP contribution in [0, 0.1) is 10.1 Å². The number of hydrogen-bond donors (Lipinski definition) is 2. The SMILES string of the molecule is O=C(NCCNC(=O)c1cc2ccccc2s1)c1ccc([N+](=O)[O-])o1. The third-order valence-corrected chi connectivity index (χ3v) is 4.46. The molecule has 25 heavy (non-hydrogen) atoms. The van der Waals surface area contributed by atoms with Gasteiger partial charge in [0.05, 0.1) is 10.9 Å². The Kier molecular flexibility index (Phi) is 4.75. The summed E-state index contributed by atoms with van der Waals surface area (Å²) < 4.78 is 5.82. The fourth-order valence-corrected chi connectivity index (χ4v) is 3.15. The molecule has 0 saturated heterocycles. The van der Waals surface area contributed by atoms with Gasteiger partial charge in [-0.05, 0) is 23.6 Å². The van der Waals surface area contributed by atoms with Crippen LogP contribution >= 0.6 is 11.3 Å². The number of amides is 2. The Balaban J connectivity index is 1.48. The summed E-state index contributed by atoms with van der Waals surface area (Å²) >= 11 is 1.39. The standard InChI is InChI=1S/C16H13N3O5S/c20-15(11-5-6-14(24-11)19(22)23)17-7-8-18-16(21)13-9-10-3-1-2-4-12(10)25-13/h1-6,9H,7-8H2,(H,17,20)(H,18,21). The van der Waals surface area contributed by atoms with E-state index in [2.05, 4.69) is 10.6 Å². The minimum atomic E-state index is -0.720. The Morgan fingerprint density at radius 1 is 1.08 bits per heavy atom. The maximum atomic E-state index is 12.1. The number of fused-ring (bicyclic) bond motifs is 1. The molecule has 9 heteroatoms. The van der Waals surface area contributed by atoms with E-state index in [9.17, 15) is 19.7 Å². The molecular weight excluding hydrogens is 346 g/mol. The zero-order valence-electron chi connectivity index (χ0n) is 12.9. The van der Waals surface area contributed by atoms with Gasteiger partial charge in [-0.15, -0.1) is 11.3 Å². The molecule has 0 atom stereocenters. The van der Waals surface area contributed by atoms with Crippen LogP contribution in [-0.4, -0.2) is 29.8 Å². The Morgan fingerprint density at radius 2 is 1.80 bits per heavy atom. The van der Waals surface area contributed by atoms with Crippen molar-refractivity contribution in [2.24, 2.45) is 0 Å². The van der Waals surface area contributed by atoms with E-state index < -0.39 is 16.7 Å². The minimum absolute atomic E-state index is 0.150. The van der Waals surface area contributed by atoms with Crippen LogP contribution in [0.15, 0.2) is 46.9 Å². The van der Waals surface area contributed by atoms with E-state index in [1.54, 1.807) is 0 Å². The second kappa shape index (κ2) is 7.14. The summed E-state index contributed by atoms with van der Waals surface area (Å²) in [5, 5.41) is 16.7. The van der Waals surface area contributed by atoms with Crippen molar-refractivity contribution in [3.05, 3.63) is 63.2 Å². The van der Waals surface area contributed by atoms with E-state index >= 15 is 0 Å². The van der Waals surface area contributed by atoms with Crippen LogP contribution in [0.2, 0.25) is 0 Å². The van der Waals surface area contributed by atoms with E-state index in [-0.39, 0.29) is 24.8 Å². The number of thiophene rings is 1. The molecule has 0 aliphatic rings. The molecule has 1 aromatic carbocycles. The van der Waals surface area contributed by atoms with Crippen LogP contribution in [0.5, 0.6) is 0 Å². The van der Waals surface area contributed by atoms with Gasteiger partial charge in [-0.25, -0.2) is 0 Å². The summed E-state index contributed by atoms with van der Waals surface area (Å²) in [7, 11) is 0. The highest BCUT2D eigenvalue weighted by molar-refractivity contribution is 7.20. The van der Waals surface area contributed by atoms with Gasteiger partial charge < -0.3 is 15.1 Å². The first-order valence-electron chi connectivity index (χ1n) is 7.34. The smallest absolute Gasteiger partial charge is 0.395 e. The Labute approximate surface area is 145 Å². The molecule has 3 rings (SSSR count). The normalized spacial score (nSPS) is 10.6. The van der Waals surface area contributed by atoms with Gasteiger partial charge in [0, 0.05) is 17.8 Å². The third-order valence-electron chi connectivity index (χ3n) is 3.34. The lowest BCUT2D eigenvalue weighted by atomic mass is 10.2. The fraction of sp³-hybridized carbons (Fsp3) is 0.125. The van der Waals surface area contributed by atoms with Crippen molar-refractivity contribution >= 4 is 39.1 Å². The van der Waals surface area contributed by atoms with Gasteiger partial charge in [0.25, 0.3) is 11.8 Å². The highest BCUT2D eigenvalue weighted by Crippen LogP contribution is 2.24. The molecular formula is C16H13N3O5S.